The zero-order valence-corrected chi connectivity index (χ0v) is 14.1. The Morgan fingerprint density at radius 2 is 2.26 bits per heavy atom. The molecule has 23 heavy (non-hydrogen) atoms. The van der Waals surface area contributed by atoms with Crippen molar-refractivity contribution < 1.29 is 13.2 Å². The van der Waals surface area contributed by atoms with Crippen LogP contribution in [-0.4, -0.2) is 30.6 Å². The summed E-state index contributed by atoms with van der Waals surface area (Å²) < 4.78 is 35.3. The Hall–Kier alpha value is -1.70. The van der Waals surface area contributed by atoms with Gasteiger partial charge in [0.15, 0.2) is 0 Å². The average Bonchev–Trinajstić information content (AvgIpc) is 3.06. The first kappa shape index (κ1) is 16.2. The van der Waals surface area contributed by atoms with Gasteiger partial charge in [-0.15, -0.1) is 0 Å². The maximum atomic E-state index is 12.5. The van der Waals surface area contributed by atoms with E-state index in [4.69, 9.17) is 4.74 Å². The minimum absolute atomic E-state index is 0.0293. The van der Waals surface area contributed by atoms with Crippen molar-refractivity contribution in [3.63, 3.8) is 0 Å². The lowest BCUT2D eigenvalue weighted by molar-refractivity contribution is 0.0932. The second-order valence-corrected chi connectivity index (χ2v) is 7.70. The molecule has 0 amide bonds. The number of nitrogens with one attached hydrogen (secondary N) is 1. The average molecular weight is 335 g/mol. The number of nitrogens with zero attached hydrogens (tertiary/aromatic N) is 2. The lowest BCUT2D eigenvalue weighted by Gasteiger charge is -2.19. The summed E-state index contributed by atoms with van der Waals surface area (Å²) >= 11 is 0. The van der Waals surface area contributed by atoms with Crippen molar-refractivity contribution in [2.75, 3.05) is 6.61 Å². The second-order valence-electron chi connectivity index (χ2n) is 5.95. The van der Waals surface area contributed by atoms with E-state index in [1.165, 1.54) is 0 Å². The predicted octanol–water partition coefficient (Wildman–Crippen LogP) is 1.68. The van der Waals surface area contributed by atoms with Gasteiger partial charge in [0.05, 0.1) is 11.8 Å². The zero-order chi connectivity index (χ0) is 16.4. The normalized spacial score (nSPS) is 21.7. The fourth-order valence-electron chi connectivity index (χ4n) is 2.91. The molecule has 3 rings (SSSR count). The molecule has 124 valence electrons. The van der Waals surface area contributed by atoms with Crippen molar-refractivity contribution in [3.05, 3.63) is 53.6 Å². The third kappa shape index (κ3) is 3.80. The van der Waals surface area contributed by atoms with Gasteiger partial charge in [0.2, 0.25) is 10.0 Å². The molecule has 2 heterocycles. The number of sulfonamides is 1. The number of hydrogen-bond donors (Lipinski definition) is 1. The molecule has 6 nitrogen and oxygen atoms in total. The maximum Gasteiger partial charge on any atom is 0.216 e. The summed E-state index contributed by atoms with van der Waals surface area (Å²) in [5, 5.41) is 0. The summed E-state index contributed by atoms with van der Waals surface area (Å²) in [6, 6.07) is 7.25. The van der Waals surface area contributed by atoms with Gasteiger partial charge >= 0.3 is 0 Å². The molecule has 7 heteroatoms. The maximum absolute atomic E-state index is 12.5. The molecule has 2 atom stereocenters. The first-order valence-electron chi connectivity index (χ1n) is 7.59. The topological polar surface area (TPSA) is 73.2 Å². The molecule has 0 aliphatic carbocycles. The van der Waals surface area contributed by atoms with Crippen LogP contribution in [0.5, 0.6) is 0 Å². The van der Waals surface area contributed by atoms with Crippen molar-refractivity contribution >= 4 is 10.0 Å². The molecule has 1 aromatic heterocycles. The summed E-state index contributed by atoms with van der Waals surface area (Å²) in [4.78, 5) is 4.28. The summed E-state index contributed by atoms with van der Waals surface area (Å²) in [5.41, 5.74) is 1.83. The second kappa shape index (κ2) is 6.43. The number of hydrogen-bond acceptors (Lipinski definition) is 4. The van der Waals surface area contributed by atoms with Crippen LogP contribution in [0, 0.1) is 6.92 Å². The molecular weight excluding hydrogens is 314 g/mol. The third-order valence-corrected chi connectivity index (χ3v) is 5.35. The molecule has 1 aliphatic rings. The SMILES string of the molecule is Cc1cccc(CS(=O)(=O)N[C@H]2CCO[C@@H]2c2nccn2C)c1. The summed E-state index contributed by atoms with van der Waals surface area (Å²) in [5.74, 6) is 0.712. The van der Waals surface area contributed by atoms with Crippen molar-refractivity contribution in [2.45, 2.75) is 31.2 Å². The number of benzene rings is 1. The summed E-state index contributed by atoms with van der Waals surface area (Å²) in [7, 11) is -1.56. The van der Waals surface area contributed by atoms with E-state index in [2.05, 4.69) is 9.71 Å². The lowest BCUT2D eigenvalue weighted by atomic mass is 10.1. The molecule has 0 radical (unpaired) electrons. The smallest absolute Gasteiger partial charge is 0.216 e. The lowest BCUT2D eigenvalue weighted by Crippen LogP contribution is -2.38. The Balaban J connectivity index is 1.73. The molecular formula is C16H21N3O3S. The molecule has 1 N–H and O–H groups in total. The monoisotopic (exact) mass is 335 g/mol. The van der Waals surface area contributed by atoms with E-state index in [1.54, 1.807) is 6.20 Å². The van der Waals surface area contributed by atoms with E-state index >= 15 is 0 Å². The molecule has 2 aromatic rings. The van der Waals surface area contributed by atoms with Gasteiger partial charge in [-0.25, -0.2) is 18.1 Å². The van der Waals surface area contributed by atoms with Gasteiger partial charge in [0, 0.05) is 26.0 Å². The Morgan fingerprint density at radius 1 is 1.43 bits per heavy atom. The van der Waals surface area contributed by atoms with E-state index in [-0.39, 0.29) is 17.9 Å². The number of aryl methyl sites for hydroxylation is 2. The molecule has 1 aliphatic heterocycles. The highest BCUT2D eigenvalue weighted by Gasteiger charge is 2.35. The van der Waals surface area contributed by atoms with E-state index in [0.717, 1.165) is 17.0 Å². The Morgan fingerprint density at radius 3 is 2.96 bits per heavy atom. The van der Waals surface area contributed by atoms with Gasteiger partial charge < -0.3 is 9.30 Å². The van der Waals surface area contributed by atoms with Gasteiger partial charge in [-0.3, -0.25) is 0 Å². The van der Waals surface area contributed by atoms with Gasteiger partial charge in [0.25, 0.3) is 0 Å². The van der Waals surface area contributed by atoms with Gasteiger partial charge in [0.1, 0.15) is 11.9 Å². The minimum atomic E-state index is -3.44. The van der Waals surface area contributed by atoms with Crippen LogP contribution in [0.3, 0.4) is 0 Å². The van der Waals surface area contributed by atoms with Crippen LogP contribution in [0.15, 0.2) is 36.7 Å². The largest absolute Gasteiger partial charge is 0.369 e. The van der Waals surface area contributed by atoms with Crippen molar-refractivity contribution in [3.8, 4) is 0 Å². The van der Waals surface area contributed by atoms with Gasteiger partial charge in [-0.1, -0.05) is 29.8 Å². The van der Waals surface area contributed by atoms with E-state index < -0.39 is 10.0 Å². The van der Waals surface area contributed by atoms with Crippen molar-refractivity contribution in [1.82, 2.24) is 14.3 Å². The quantitative estimate of drug-likeness (QED) is 0.902. The highest BCUT2D eigenvalue weighted by Crippen LogP contribution is 2.28. The predicted molar refractivity (Wildman–Crippen MR) is 87.2 cm³/mol. The Kier molecular flexibility index (Phi) is 4.52. The number of ether oxygens (including phenoxy) is 1. The molecule has 0 bridgehead atoms. The van der Waals surface area contributed by atoms with E-state index in [9.17, 15) is 8.42 Å². The number of imidazole rings is 1. The van der Waals surface area contributed by atoms with Crippen LogP contribution in [0.2, 0.25) is 0 Å². The highest BCUT2D eigenvalue weighted by atomic mass is 32.2. The zero-order valence-electron chi connectivity index (χ0n) is 13.3. The van der Waals surface area contributed by atoms with Crippen molar-refractivity contribution in [1.29, 1.82) is 0 Å². The third-order valence-electron chi connectivity index (χ3n) is 3.97. The fraction of sp³-hybridized carbons (Fsp3) is 0.438. The summed E-state index contributed by atoms with van der Waals surface area (Å²) in [6.07, 6.45) is 3.82. The van der Waals surface area contributed by atoms with Crippen LogP contribution >= 0.6 is 0 Å². The van der Waals surface area contributed by atoms with Crippen molar-refractivity contribution in [2.24, 2.45) is 7.05 Å². The standard InChI is InChI=1S/C16H21N3O3S/c1-12-4-3-5-13(10-12)11-23(20,21)18-14-6-9-22-15(14)16-17-7-8-19(16)2/h3-5,7-8,10,14-15,18H,6,9,11H2,1-2H3/t14-,15-/m0/s1. The number of aromatic nitrogens is 2. The molecule has 1 aromatic carbocycles. The minimum Gasteiger partial charge on any atom is -0.369 e. The fourth-order valence-corrected chi connectivity index (χ4v) is 4.31. The Bertz CT molecular complexity index is 785. The molecule has 1 saturated heterocycles. The van der Waals surface area contributed by atoms with Gasteiger partial charge in [-0.05, 0) is 18.9 Å². The molecule has 0 saturated carbocycles. The molecule has 0 unspecified atom stereocenters. The van der Waals surface area contributed by atoms with Gasteiger partial charge in [-0.2, -0.15) is 0 Å². The van der Waals surface area contributed by atoms with Crippen LogP contribution < -0.4 is 4.72 Å². The van der Waals surface area contributed by atoms with E-state index in [1.807, 2.05) is 49.0 Å². The molecule has 0 spiro atoms. The van der Waals surface area contributed by atoms with Crippen LogP contribution in [0.25, 0.3) is 0 Å². The number of rotatable bonds is 5. The Labute approximate surface area is 136 Å². The molecule has 1 fully saturated rings. The highest BCUT2D eigenvalue weighted by molar-refractivity contribution is 7.88. The van der Waals surface area contributed by atoms with Crippen LogP contribution in [-0.2, 0) is 27.6 Å². The van der Waals surface area contributed by atoms with E-state index in [0.29, 0.717) is 13.0 Å². The first-order chi connectivity index (χ1) is 10.9. The van der Waals surface area contributed by atoms with Crippen LogP contribution in [0.4, 0.5) is 0 Å². The first-order valence-corrected chi connectivity index (χ1v) is 9.24. The summed E-state index contributed by atoms with van der Waals surface area (Å²) in [6.45, 7) is 2.47. The van der Waals surface area contributed by atoms with Crippen LogP contribution in [0.1, 0.15) is 29.5 Å².